The predicted octanol–water partition coefficient (Wildman–Crippen LogP) is 5.83. The van der Waals surface area contributed by atoms with Crippen molar-refractivity contribution in [2.45, 2.75) is 64.6 Å². The van der Waals surface area contributed by atoms with E-state index < -0.39 is 0 Å². The fourth-order valence-corrected chi connectivity index (χ4v) is 7.32. The molecule has 1 atom stereocenters. The molecule has 0 radical (unpaired) electrons. The molecule has 4 nitrogen and oxygen atoms in total. The van der Waals surface area contributed by atoms with Gasteiger partial charge in [0.15, 0.2) is 0 Å². The Balaban J connectivity index is 1.22. The zero-order valence-electron chi connectivity index (χ0n) is 19.4. The van der Waals surface area contributed by atoms with Crippen LogP contribution >= 0.6 is 0 Å². The lowest BCUT2D eigenvalue weighted by molar-refractivity contribution is -0.0707. The van der Waals surface area contributed by atoms with Crippen molar-refractivity contribution in [1.82, 2.24) is 20.3 Å². The van der Waals surface area contributed by atoms with E-state index >= 15 is 0 Å². The van der Waals surface area contributed by atoms with E-state index in [4.69, 9.17) is 10.2 Å². The number of aromatic nitrogens is 3. The topological polar surface area (TPSA) is 42.7 Å². The van der Waals surface area contributed by atoms with Crippen molar-refractivity contribution >= 4 is 0 Å². The first-order chi connectivity index (χ1) is 16.1. The Bertz CT molecular complexity index is 1070. The van der Waals surface area contributed by atoms with Crippen LogP contribution in [0, 0.1) is 29.0 Å². The van der Waals surface area contributed by atoms with E-state index in [9.17, 15) is 4.39 Å². The van der Waals surface area contributed by atoms with E-state index in [2.05, 4.69) is 24.4 Å². The summed E-state index contributed by atoms with van der Waals surface area (Å²) in [7, 11) is 0. The quantitative estimate of drug-likeness (QED) is 0.499. The van der Waals surface area contributed by atoms with Crippen LogP contribution in [0.3, 0.4) is 0 Å². The second-order valence-electron chi connectivity index (χ2n) is 10.9. The Hall–Kier alpha value is -2.53. The fraction of sp³-hybridized carbons (Fsp3) is 0.500. The third-order valence-corrected chi connectivity index (χ3v) is 8.59. The number of benzene rings is 2. The number of nitrogens with zero attached hydrogens (tertiary/aromatic N) is 3. The Morgan fingerprint density at radius 1 is 0.939 bits per heavy atom. The third-order valence-electron chi connectivity index (χ3n) is 8.59. The molecule has 0 aliphatic heterocycles. The first-order valence-corrected chi connectivity index (χ1v) is 12.5. The molecule has 4 aliphatic carbocycles. The van der Waals surface area contributed by atoms with Crippen molar-refractivity contribution in [3.05, 3.63) is 71.7 Å². The van der Waals surface area contributed by atoms with Gasteiger partial charge in [-0.25, -0.2) is 4.39 Å². The molecule has 4 bridgehead atoms. The average molecular weight is 445 g/mol. The van der Waals surface area contributed by atoms with Crippen LogP contribution in [0.4, 0.5) is 4.39 Å². The minimum Gasteiger partial charge on any atom is -0.308 e. The van der Waals surface area contributed by atoms with Gasteiger partial charge in [0.05, 0.1) is 6.54 Å². The molecule has 1 heterocycles. The van der Waals surface area contributed by atoms with Gasteiger partial charge < -0.3 is 5.32 Å². The molecular formula is C28H33FN4. The summed E-state index contributed by atoms with van der Waals surface area (Å²) < 4.78 is 13.3. The highest BCUT2D eigenvalue weighted by atomic mass is 19.1. The second kappa shape index (κ2) is 8.35. The molecule has 0 unspecified atom stereocenters. The summed E-state index contributed by atoms with van der Waals surface area (Å²) in [6.07, 6.45) is 8.62. The maximum Gasteiger partial charge on any atom is 0.123 e. The van der Waals surface area contributed by atoms with Gasteiger partial charge in [-0.15, -0.1) is 0 Å². The van der Waals surface area contributed by atoms with Crippen molar-refractivity contribution < 1.29 is 4.39 Å². The summed E-state index contributed by atoms with van der Waals surface area (Å²) in [5, 5.41) is 13.6. The molecule has 2 aromatic carbocycles. The van der Waals surface area contributed by atoms with Crippen LogP contribution < -0.4 is 5.32 Å². The summed E-state index contributed by atoms with van der Waals surface area (Å²) in [5.41, 5.74) is 4.46. The summed E-state index contributed by atoms with van der Waals surface area (Å²) in [5.74, 6) is 2.64. The molecule has 172 valence electrons. The van der Waals surface area contributed by atoms with Crippen LogP contribution in [-0.4, -0.2) is 21.0 Å². The highest BCUT2D eigenvalue weighted by molar-refractivity contribution is 5.60. The van der Waals surface area contributed by atoms with Gasteiger partial charge in [-0.05, 0) is 86.3 Å². The van der Waals surface area contributed by atoms with E-state index in [1.807, 2.05) is 18.2 Å². The standard InChI is InChI=1S/C28H33FN4/c1-19(28-14-21-11-22(15-28)13-23(12-21)16-28)30-17-26-27(24-5-3-2-4-6-24)32-33(31-26)18-20-7-9-25(29)10-8-20/h2-10,19,21-23,30H,11-18H2,1H3/t19-,21?,22?,23?,28?/m0/s1. The SMILES string of the molecule is C[C@H](NCc1nn(Cc2ccc(F)cc2)nc1-c1ccccc1)C12CC3CC(CC(C3)C1)C2. The summed E-state index contributed by atoms with van der Waals surface area (Å²) in [6.45, 7) is 3.65. The van der Waals surface area contributed by atoms with Crippen LogP contribution in [0.1, 0.15) is 56.7 Å². The lowest BCUT2D eigenvalue weighted by atomic mass is 9.48. The van der Waals surface area contributed by atoms with Crippen molar-refractivity contribution in [2.75, 3.05) is 0 Å². The van der Waals surface area contributed by atoms with Crippen LogP contribution in [-0.2, 0) is 13.1 Å². The Kier molecular flexibility index (Phi) is 5.33. The van der Waals surface area contributed by atoms with E-state index in [0.717, 1.165) is 46.8 Å². The van der Waals surface area contributed by atoms with Gasteiger partial charge in [-0.1, -0.05) is 42.5 Å². The number of hydrogen-bond acceptors (Lipinski definition) is 3. The minimum absolute atomic E-state index is 0.222. The Morgan fingerprint density at radius 3 is 2.21 bits per heavy atom. The predicted molar refractivity (Wildman–Crippen MR) is 128 cm³/mol. The molecule has 5 heteroatoms. The summed E-state index contributed by atoms with van der Waals surface area (Å²) >= 11 is 0. The normalized spacial score (nSPS) is 28.8. The Morgan fingerprint density at radius 2 is 1.58 bits per heavy atom. The van der Waals surface area contributed by atoms with Gasteiger partial charge in [-0.2, -0.15) is 15.0 Å². The van der Waals surface area contributed by atoms with E-state index in [-0.39, 0.29) is 5.82 Å². The van der Waals surface area contributed by atoms with Gasteiger partial charge in [0.25, 0.3) is 0 Å². The molecule has 7 rings (SSSR count). The van der Waals surface area contributed by atoms with Crippen LogP contribution in [0.15, 0.2) is 54.6 Å². The van der Waals surface area contributed by atoms with Gasteiger partial charge in [-0.3, -0.25) is 0 Å². The van der Waals surface area contributed by atoms with Crippen molar-refractivity contribution in [2.24, 2.45) is 23.2 Å². The zero-order chi connectivity index (χ0) is 22.4. The average Bonchev–Trinajstić information content (AvgIpc) is 3.21. The molecule has 33 heavy (non-hydrogen) atoms. The molecule has 1 N–H and O–H groups in total. The summed E-state index contributed by atoms with van der Waals surface area (Å²) in [4.78, 5) is 1.75. The molecule has 4 saturated carbocycles. The highest BCUT2D eigenvalue weighted by Crippen LogP contribution is 2.61. The molecule has 3 aromatic rings. The lowest BCUT2D eigenvalue weighted by Gasteiger charge is -2.59. The van der Waals surface area contributed by atoms with Crippen molar-refractivity contribution in [3.8, 4) is 11.3 Å². The van der Waals surface area contributed by atoms with E-state index in [1.165, 1.54) is 50.7 Å². The monoisotopic (exact) mass is 444 g/mol. The molecule has 1 aromatic heterocycles. The minimum atomic E-state index is -0.222. The fourth-order valence-electron chi connectivity index (χ4n) is 7.32. The van der Waals surface area contributed by atoms with Crippen molar-refractivity contribution in [3.63, 3.8) is 0 Å². The molecule has 4 fully saturated rings. The molecular weight excluding hydrogens is 411 g/mol. The van der Waals surface area contributed by atoms with E-state index in [0.29, 0.717) is 18.0 Å². The van der Waals surface area contributed by atoms with Gasteiger partial charge >= 0.3 is 0 Å². The van der Waals surface area contributed by atoms with Gasteiger partial charge in [0, 0.05) is 18.2 Å². The first-order valence-electron chi connectivity index (χ1n) is 12.5. The molecule has 0 spiro atoms. The number of halogens is 1. The summed E-state index contributed by atoms with van der Waals surface area (Å²) in [6, 6.07) is 17.4. The maximum atomic E-state index is 13.3. The number of rotatable bonds is 7. The number of hydrogen-bond donors (Lipinski definition) is 1. The molecule has 0 amide bonds. The van der Waals surface area contributed by atoms with Crippen LogP contribution in [0.2, 0.25) is 0 Å². The van der Waals surface area contributed by atoms with E-state index in [1.54, 1.807) is 16.9 Å². The number of nitrogens with one attached hydrogen (secondary N) is 1. The Labute approximate surface area is 195 Å². The maximum absolute atomic E-state index is 13.3. The van der Waals surface area contributed by atoms with Crippen LogP contribution in [0.25, 0.3) is 11.3 Å². The molecule has 0 saturated heterocycles. The first kappa shape index (κ1) is 21.0. The third kappa shape index (κ3) is 4.12. The second-order valence-corrected chi connectivity index (χ2v) is 10.9. The lowest BCUT2D eigenvalue weighted by Crippen LogP contribution is -2.54. The van der Waals surface area contributed by atoms with Gasteiger partial charge in [0.1, 0.15) is 17.2 Å². The van der Waals surface area contributed by atoms with Crippen LogP contribution in [0.5, 0.6) is 0 Å². The largest absolute Gasteiger partial charge is 0.308 e. The van der Waals surface area contributed by atoms with Gasteiger partial charge in [0.2, 0.25) is 0 Å². The molecule has 4 aliphatic rings. The smallest absolute Gasteiger partial charge is 0.123 e. The zero-order valence-corrected chi connectivity index (χ0v) is 19.4. The highest BCUT2D eigenvalue weighted by Gasteiger charge is 2.52. The van der Waals surface area contributed by atoms with Crippen molar-refractivity contribution in [1.29, 1.82) is 0 Å².